The van der Waals surface area contributed by atoms with Gasteiger partial charge in [-0.25, -0.2) is 8.78 Å². The summed E-state index contributed by atoms with van der Waals surface area (Å²) in [5.41, 5.74) is -3.14. The topological polar surface area (TPSA) is 9.23 Å². The van der Waals surface area contributed by atoms with E-state index in [1.165, 1.54) is 0 Å². The van der Waals surface area contributed by atoms with Crippen LogP contribution in [0.3, 0.4) is 0 Å². The van der Waals surface area contributed by atoms with Gasteiger partial charge in [0.05, 0.1) is 13.8 Å². The second-order valence-corrected chi connectivity index (χ2v) is 3.26. The molecule has 92 valence electrons. The van der Waals surface area contributed by atoms with E-state index in [0.717, 1.165) is 0 Å². The Morgan fingerprint density at radius 1 is 1.27 bits per heavy atom. The van der Waals surface area contributed by atoms with Crippen molar-refractivity contribution in [2.75, 3.05) is 20.5 Å². The lowest BCUT2D eigenvalue weighted by molar-refractivity contribution is -0.347. The smallest absolute Gasteiger partial charge is 0.318 e. The number of hydrogen-bond donors (Lipinski definition) is 0. The first kappa shape index (κ1) is 14.6. The summed E-state index contributed by atoms with van der Waals surface area (Å²) in [6.45, 7) is -0.342. The SMILES string of the molecule is CCC1CCOC(F)(F)C1(F)CF.CF. The summed E-state index contributed by atoms with van der Waals surface area (Å²) in [5.74, 6) is -0.957. The van der Waals surface area contributed by atoms with E-state index in [-0.39, 0.29) is 19.4 Å². The monoisotopic (exact) mass is 234 g/mol. The van der Waals surface area contributed by atoms with E-state index in [0.29, 0.717) is 7.18 Å². The molecule has 1 fully saturated rings. The summed E-state index contributed by atoms with van der Waals surface area (Å²) in [6.07, 6.45) is -3.65. The van der Waals surface area contributed by atoms with Crippen LogP contribution in [0.15, 0.2) is 0 Å². The van der Waals surface area contributed by atoms with E-state index in [9.17, 15) is 22.0 Å². The van der Waals surface area contributed by atoms with E-state index >= 15 is 0 Å². The van der Waals surface area contributed by atoms with Gasteiger partial charge in [0.15, 0.2) is 0 Å². The first-order valence-electron chi connectivity index (χ1n) is 4.62. The molecule has 15 heavy (non-hydrogen) atoms. The van der Waals surface area contributed by atoms with Gasteiger partial charge >= 0.3 is 6.11 Å². The predicted octanol–water partition coefficient (Wildman–Crippen LogP) is 3.29. The zero-order valence-corrected chi connectivity index (χ0v) is 8.70. The third-order valence-electron chi connectivity index (χ3n) is 2.57. The largest absolute Gasteiger partial charge is 0.392 e. The molecule has 1 heterocycles. The molecular weight excluding hydrogens is 219 g/mol. The Hall–Kier alpha value is -0.390. The van der Waals surface area contributed by atoms with E-state index < -0.39 is 24.4 Å². The van der Waals surface area contributed by atoms with Crippen molar-refractivity contribution in [2.24, 2.45) is 5.92 Å². The fourth-order valence-corrected chi connectivity index (χ4v) is 1.63. The fraction of sp³-hybridized carbons (Fsp3) is 1.00. The fourth-order valence-electron chi connectivity index (χ4n) is 1.63. The van der Waals surface area contributed by atoms with E-state index in [1.54, 1.807) is 6.92 Å². The van der Waals surface area contributed by atoms with Gasteiger partial charge < -0.3 is 4.74 Å². The number of rotatable bonds is 2. The maximum absolute atomic E-state index is 13.5. The molecule has 0 aromatic rings. The van der Waals surface area contributed by atoms with Gasteiger partial charge in [0.25, 0.3) is 0 Å². The van der Waals surface area contributed by atoms with Crippen molar-refractivity contribution in [3.05, 3.63) is 0 Å². The van der Waals surface area contributed by atoms with Crippen molar-refractivity contribution in [2.45, 2.75) is 31.5 Å². The maximum Gasteiger partial charge on any atom is 0.392 e. The molecule has 0 saturated carbocycles. The second-order valence-electron chi connectivity index (χ2n) is 3.26. The average Bonchev–Trinajstić information content (AvgIpc) is 2.24. The van der Waals surface area contributed by atoms with Crippen LogP contribution in [0.2, 0.25) is 0 Å². The molecule has 0 spiro atoms. The molecule has 1 aliphatic heterocycles. The molecule has 1 saturated heterocycles. The molecule has 0 bridgehead atoms. The van der Waals surface area contributed by atoms with Crippen LogP contribution in [0.25, 0.3) is 0 Å². The molecule has 0 amide bonds. The van der Waals surface area contributed by atoms with Crippen LogP contribution in [0.4, 0.5) is 22.0 Å². The summed E-state index contributed by atoms with van der Waals surface area (Å²) in [4.78, 5) is 0. The van der Waals surface area contributed by atoms with E-state index in [1.807, 2.05) is 0 Å². The van der Waals surface area contributed by atoms with Gasteiger partial charge in [-0.3, -0.25) is 4.39 Å². The minimum absolute atomic E-state index is 0.145. The lowest BCUT2D eigenvalue weighted by atomic mass is 9.83. The van der Waals surface area contributed by atoms with Gasteiger partial charge in [-0.2, -0.15) is 8.78 Å². The Morgan fingerprint density at radius 2 is 1.80 bits per heavy atom. The molecule has 0 aromatic heterocycles. The lowest BCUT2D eigenvalue weighted by Gasteiger charge is -2.40. The quantitative estimate of drug-likeness (QED) is 0.666. The van der Waals surface area contributed by atoms with Crippen molar-refractivity contribution in [3.8, 4) is 0 Å². The van der Waals surface area contributed by atoms with Crippen molar-refractivity contribution in [1.29, 1.82) is 0 Å². The summed E-state index contributed by atoms with van der Waals surface area (Å²) >= 11 is 0. The van der Waals surface area contributed by atoms with Crippen LogP contribution in [-0.2, 0) is 4.74 Å². The Kier molecular flexibility index (Phi) is 5.48. The molecule has 2 unspecified atom stereocenters. The number of hydrogen-bond acceptors (Lipinski definition) is 1. The third-order valence-corrected chi connectivity index (χ3v) is 2.57. The Labute approximate surface area is 85.6 Å². The highest BCUT2D eigenvalue weighted by Crippen LogP contribution is 2.46. The zero-order chi connectivity index (χ0) is 12.1. The molecule has 0 aromatic carbocycles. The molecule has 0 N–H and O–H groups in total. The van der Waals surface area contributed by atoms with Crippen molar-refractivity contribution in [3.63, 3.8) is 0 Å². The standard InChI is InChI=1S/C8H12F4O.CH3F/c1-2-6-3-4-13-8(11,12)7(6,10)5-9;1-2/h6H,2-5H2,1H3;1H3. The normalized spacial score (nSPS) is 34.2. The van der Waals surface area contributed by atoms with Gasteiger partial charge in [0.1, 0.15) is 6.67 Å². The summed E-state index contributed by atoms with van der Waals surface area (Å²) in [5, 5.41) is 0. The lowest BCUT2D eigenvalue weighted by Crippen LogP contribution is -2.56. The zero-order valence-electron chi connectivity index (χ0n) is 8.70. The first-order chi connectivity index (χ1) is 6.98. The highest BCUT2D eigenvalue weighted by molar-refractivity contribution is 4.96. The third kappa shape index (κ3) is 2.59. The van der Waals surface area contributed by atoms with Crippen molar-refractivity contribution in [1.82, 2.24) is 0 Å². The molecule has 1 nitrogen and oxygen atoms in total. The van der Waals surface area contributed by atoms with Gasteiger partial charge in [-0.05, 0) is 12.8 Å². The summed E-state index contributed by atoms with van der Waals surface area (Å²) in [7, 11) is 0.500. The first-order valence-corrected chi connectivity index (χ1v) is 4.62. The second kappa shape index (κ2) is 5.63. The highest BCUT2D eigenvalue weighted by atomic mass is 19.3. The summed E-state index contributed by atoms with van der Waals surface area (Å²) < 4.78 is 64.9. The van der Waals surface area contributed by atoms with Crippen molar-refractivity contribution < 1.29 is 26.7 Å². The number of halogens is 5. The molecule has 1 rings (SSSR count). The number of ether oxygens (including phenoxy) is 1. The van der Waals surface area contributed by atoms with Gasteiger partial charge in [-0.1, -0.05) is 6.92 Å². The predicted molar refractivity (Wildman–Crippen MR) is 46.1 cm³/mol. The van der Waals surface area contributed by atoms with Crippen LogP contribution in [0, 0.1) is 5.92 Å². The molecule has 0 aliphatic carbocycles. The minimum Gasteiger partial charge on any atom is -0.318 e. The van der Waals surface area contributed by atoms with Gasteiger partial charge in [0, 0.05) is 5.92 Å². The molecule has 6 heteroatoms. The molecule has 0 radical (unpaired) electrons. The molecule has 2 atom stereocenters. The Morgan fingerprint density at radius 3 is 2.13 bits per heavy atom. The molecule has 1 aliphatic rings. The van der Waals surface area contributed by atoms with Crippen LogP contribution in [0.5, 0.6) is 0 Å². The Balaban J connectivity index is 0.000000921. The van der Waals surface area contributed by atoms with E-state index in [2.05, 4.69) is 4.74 Å². The highest BCUT2D eigenvalue weighted by Gasteiger charge is 2.62. The van der Waals surface area contributed by atoms with Gasteiger partial charge in [-0.15, -0.1) is 0 Å². The van der Waals surface area contributed by atoms with Gasteiger partial charge in [0.2, 0.25) is 5.67 Å². The van der Waals surface area contributed by atoms with Crippen LogP contribution in [0.1, 0.15) is 19.8 Å². The maximum atomic E-state index is 13.5. The Bertz CT molecular complexity index is 187. The minimum atomic E-state index is -3.99. The average molecular weight is 234 g/mol. The van der Waals surface area contributed by atoms with Crippen molar-refractivity contribution >= 4 is 0 Å². The summed E-state index contributed by atoms with van der Waals surface area (Å²) in [6, 6.07) is 0. The van der Waals surface area contributed by atoms with E-state index in [4.69, 9.17) is 0 Å². The van der Waals surface area contributed by atoms with Crippen LogP contribution in [-0.4, -0.2) is 32.2 Å². The van der Waals surface area contributed by atoms with Crippen LogP contribution < -0.4 is 0 Å². The molecular formula is C9H15F5O. The number of alkyl halides is 5. The van der Waals surface area contributed by atoms with Crippen LogP contribution >= 0.6 is 0 Å².